The van der Waals surface area contributed by atoms with Crippen LogP contribution in [0.1, 0.15) is 71.5 Å². The van der Waals surface area contributed by atoms with Crippen molar-refractivity contribution < 1.29 is 4.74 Å². The Balaban J connectivity index is 1.37. The summed E-state index contributed by atoms with van der Waals surface area (Å²) < 4.78 is 6.31. The van der Waals surface area contributed by atoms with Crippen LogP contribution in [-0.2, 0) is 6.54 Å². The van der Waals surface area contributed by atoms with Crippen molar-refractivity contribution in [1.29, 1.82) is 0 Å². The molecule has 2 fully saturated rings. The summed E-state index contributed by atoms with van der Waals surface area (Å²) in [6.07, 6.45) is 11.1. The van der Waals surface area contributed by atoms with Gasteiger partial charge in [-0.15, -0.1) is 0 Å². The highest BCUT2D eigenvalue weighted by Crippen LogP contribution is 2.38. The fourth-order valence-electron chi connectivity index (χ4n) is 4.76. The molecule has 1 aliphatic carbocycles. The predicted molar refractivity (Wildman–Crippen MR) is 114 cm³/mol. The van der Waals surface area contributed by atoms with Crippen LogP contribution in [0, 0.1) is 11.3 Å². The number of ether oxygens (including phenoxy) is 1. The molecule has 1 saturated carbocycles. The van der Waals surface area contributed by atoms with Crippen molar-refractivity contribution in [2.75, 3.05) is 13.1 Å². The highest BCUT2D eigenvalue weighted by molar-refractivity contribution is 5.79. The molecule has 152 valence electrons. The lowest BCUT2D eigenvalue weighted by atomic mass is 9.72. The third-order valence-corrected chi connectivity index (χ3v) is 6.62. The minimum Gasteiger partial charge on any atom is -0.490 e. The van der Waals surface area contributed by atoms with Gasteiger partial charge in [-0.3, -0.25) is 4.90 Å². The van der Waals surface area contributed by atoms with Crippen molar-refractivity contribution in [2.45, 2.75) is 78.4 Å². The van der Waals surface area contributed by atoms with Crippen LogP contribution in [0.5, 0.6) is 5.75 Å². The van der Waals surface area contributed by atoms with Crippen LogP contribution in [0.3, 0.4) is 0 Å². The van der Waals surface area contributed by atoms with Gasteiger partial charge < -0.3 is 4.74 Å². The van der Waals surface area contributed by atoms with Gasteiger partial charge in [-0.1, -0.05) is 27.2 Å². The molecular weight excluding hydrogens is 346 g/mol. The van der Waals surface area contributed by atoms with Crippen LogP contribution >= 0.6 is 0 Å². The van der Waals surface area contributed by atoms with Gasteiger partial charge in [0, 0.05) is 11.6 Å². The first-order valence-electron chi connectivity index (χ1n) is 11.1. The summed E-state index contributed by atoms with van der Waals surface area (Å²) in [5, 5.41) is 1.07. The van der Waals surface area contributed by atoms with Gasteiger partial charge in [-0.25, -0.2) is 9.97 Å². The molecule has 0 amide bonds. The summed E-state index contributed by atoms with van der Waals surface area (Å²) in [5.74, 6) is 2.71. The second-order valence-electron chi connectivity index (χ2n) is 9.80. The van der Waals surface area contributed by atoms with E-state index in [0.717, 1.165) is 47.8 Å². The number of benzene rings is 1. The number of hydrogen-bond acceptors (Lipinski definition) is 4. The molecule has 0 bridgehead atoms. The van der Waals surface area contributed by atoms with E-state index in [1.54, 1.807) is 0 Å². The molecule has 0 unspecified atom stereocenters. The Bertz CT molecular complexity index is 784. The molecule has 4 rings (SSSR count). The van der Waals surface area contributed by atoms with E-state index in [1.165, 1.54) is 45.2 Å². The molecule has 1 aromatic heterocycles. The van der Waals surface area contributed by atoms with Crippen molar-refractivity contribution >= 4 is 10.9 Å². The average Bonchev–Trinajstić information content (AvgIpc) is 2.69. The van der Waals surface area contributed by atoms with E-state index in [-0.39, 0.29) is 0 Å². The zero-order valence-electron chi connectivity index (χ0n) is 17.8. The summed E-state index contributed by atoms with van der Waals surface area (Å²) in [4.78, 5) is 11.9. The fraction of sp³-hybridized carbons (Fsp3) is 0.667. The topological polar surface area (TPSA) is 38.2 Å². The lowest BCUT2D eigenvalue weighted by Gasteiger charge is -2.36. The van der Waals surface area contributed by atoms with E-state index >= 15 is 0 Å². The van der Waals surface area contributed by atoms with Gasteiger partial charge in [0.25, 0.3) is 0 Å². The van der Waals surface area contributed by atoms with Crippen LogP contribution < -0.4 is 4.74 Å². The van der Waals surface area contributed by atoms with Crippen LogP contribution in [-0.4, -0.2) is 34.1 Å². The largest absolute Gasteiger partial charge is 0.490 e. The Morgan fingerprint density at radius 2 is 1.79 bits per heavy atom. The van der Waals surface area contributed by atoms with Crippen molar-refractivity contribution in [1.82, 2.24) is 14.9 Å². The fourth-order valence-corrected chi connectivity index (χ4v) is 4.76. The standard InChI is InChI=1S/C24H35N3O/c1-24(2,3)19-7-9-20(10-8-19)28-21-11-12-22-18(15-21)16-25-23(26-22)17-27-13-5-4-6-14-27/h11-12,15-16,19-20H,4-10,13-14,17H2,1-3H3. The quantitative estimate of drug-likeness (QED) is 0.691. The summed E-state index contributed by atoms with van der Waals surface area (Å²) in [7, 11) is 0. The first-order chi connectivity index (χ1) is 13.5. The van der Waals surface area contributed by atoms with Crippen LogP contribution in [0.4, 0.5) is 0 Å². The summed E-state index contributed by atoms with van der Waals surface area (Å²) >= 11 is 0. The lowest BCUT2D eigenvalue weighted by molar-refractivity contribution is 0.0883. The van der Waals surface area contributed by atoms with E-state index in [2.05, 4.69) is 48.9 Å². The number of piperidine rings is 1. The maximum atomic E-state index is 6.31. The van der Waals surface area contributed by atoms with E-state index < -0.39 is 0 Å². The highest BCUT2D eigenvalue weighted by atomic mass is 16.5. The molecule has 0 spiro atoms. The van der Waals surface area contributed by atoms with Crippen LogP contribution in [0.2, 0.25) is 0 Å². The predicted octanol–water partition coefficient (Wildman–Crippen LogP) is 5.60. The van der Waals surface area contributed by atoms with Gasteiger partial charge in [0.2, 0.25) is 0 Å². The molecule has 2 aliphatic rings. The Labute approximate surface area is 169 Å². The maximum Gasteiger partial charge on any atom is 0.142 e. The third kappa shape index (κ3) is 4.83. The van der Waals surface area contributed by atoms with Crippen molar-refractivity contribution in [2.24, 2.45) is 11.3 Å². The van der Waals surface area contributed by atoms with Gasteiger partial charge in [-0.2, -0.15) is 0 Å². The van der Waals surface area contributed by atoms with E-state index in [0.29, 0.717) is 11.5 Å². The zero-order valence-corrected chi connectivity index (χ0v) is 17.8. The van der Waals surface area contributed by atoms with Gasteiger partial charge in [0.05, 0.1) is 18.2 Å². The smallest absolute Gasteiger partial charge is 0.142 e. The number of fused-ring (bicyclic) bond motifs is 1. The number of aromatic nitrogens is 2. The number of hydrogen-bond donors (Lipinski definition) is 0. The van der Waals surface area contributed by atoms with Gasteiger partial charge in [-0.05, 0) is 81.1 Å². The minimum absolute atomic E-state index is 0.343. The normalized spacial score (nSPS) is 24.4. The van der Waals surface area contributed by atoms with E-state index in [4.69, 9.17) is 9.72 Å². The van der Waals surface area contributed by atoms with Crippen LogP contribution in [0.15, 0.2) is 24.4 Å². The lowest BCUT2D eigenvalue weighted by Crippen LogP contribution is -2.30. The molecular formula is C24H35N3O. The monoisotopic (exact) mass is 381 g/mol. The molecule has 2 aromatic rings. The molecule has 0 radical (unpaired) electrons. The van der Waals surface area contributed by atoms with E-state index in [1.807, 2.05) is 6.20 Å². The molecule has 1 aliphatic heterocycles. The molecule has 0 N–H and O–H groups in total. The number of nitrogens with zero attached hydrogens (tertiary/aromatic N) is 3. The first-order valence-corrected chi connectivity index (χ1v) is 11.1. The van der Waals surface area contributed by atoms with E-state index in [9.17, 15) is 0 Å². The molecule has 0 atom stereocenters. The van der Waals surface area contributed by atoms with Crippen molar-refractivity contribution in [3.63, 3.8) is 0 Å². The molecule has 4 heteroatoms. The summed E-state index contributed by atoms with van der Waals surface area (Å²) in [6.45, 7) is 10.3. The zero-order chi connectivity index (χ0) is 19.6. The Kier molecular flexibility index (Phi) is 5.86. The number of likely N-dealkylation sites (tertiary alicyclic amines) is 1. The van der Waals surface area contributed by atoms with Gasteiger partial charge in [0.15, 0.2) is 0 Å². The summed E-state index contributed by atoms with van der Waals surface area (Å²) in [6, 6.07) is 6.28. The first kappa shape index (κ1) is 19.6. The second-order valence-corrected chi connectivity index (χ2v) is 9.80. The third-order valence-electron chi connectivity index (χ3n) is 6.62. The highest BCUT2D eigenvalue weighted by Gasteiger charge is 2.30. The molecule has 4 nitrogen and oxygen atoms in total. The molecule has 1 aromatic carbocycles. The maximum absolute atomic E-state index is 6.31. The number of rotatable bonds is 4. The van der Waals surface area contributed by atoms with Crippen molar-refractivity contribution in [3.05, 3.63) is 30.2 Å². The Morgan fingerprint density at radius 1 is 1.04 bits per heavy atom. The molecule has 28 heavy (non-hydrogen) atoms. The van der Waals surface area contributed by atoms with Gasteiger partial charge in [0.1, 0.15) is 11.6 Å². The Morgan fingerprint density at radius 3 is 2.50 bits per heavy atom. The summed E-state index contributed by atoms with van der Waals surface area (Å²) in [5.41, 5.74) is 1.43. The van der Waals surface area contributed by atoms with Gasteiger partial charge >= 0.3 is 0 Å². The molecule has 2 heterocycles. The SMILES string of the molecule is CC(C)(C)C1CCC(Oc2ccc3nc(CN4CCCCC4)ncc3c2)CC1. The second kappa shape index (κ2) is 8.36. The van der Waals surface area contributed by atoms with Crippen molar-refractivity contribution in [3.8, 4) is 5.75 Å². The minimum atomic E-state index is 0.343. The van der Waals surface area contributed by atoms with Crippen LogP contribution in [0.25, 0.3) is 10.9 Å². The average molecular weight is 382 g/mol. The molecule has 1 saturated heterocycles. The Hall–Kier alpha value is -1.68.